The van der Waals surface area contributed by atoms with E-state index in [9.17, 15) is 0 Å². The minimum Gasteiger partial charge on any atom is -0.493 e. The van der Waals surface area contributed by atoms with Gasteiger partial charge in [-0.25, -0.2) is 0 Å². The van der Waals surface area contributed by atoms with Crippen LogP contribution in [0.15, 0.2) is 86.0 Å². The summed E-state index contributed by atoms with van der Waals surface area (Å²) >= 11 is 0. The first-order valence-electron chi connectivity index (χ1n) is 11.7. The summed E-state index contributed by atoms with van der Waals surface area (Å²) in [7, 11) is 4.86. The second-order valence-corrected chi connectivity index (χ2v) is 8.71. The zero-order chi connectivity index (χ0) is 26.0. The lowest BCUT2D eigenvalue weighted by Gasteiger charge is -2.14. The van der Waals surface area contributed by atoms with Gasteiger partial charge >= 0.3 is 0 Å². The van der Waals surface area contributed by atoms with Crippen LogP contribution >= 0.6 is 0 Å². The predicted octanol–water partition coefficient (Wildman–Crippen LogP) is 8.55. The van der Waals surface area contributed by atoms with Gasteiger partial charge in [-0.15, -0.1) is 0 Å². The summed E-state index contributed by atoms with van der Waals surface area (Å²) in [5.74, 6) is 2.50. The van der Waals surface area contributed by atoms with Crippen molar-refractivity contribution in [1.82, 2.24) is 0 Å². The van der Waals surface area contributed by atoms with Gasteiger partial charge in [-0.2, -0.15) is 0 Å². The number of ether oxygens (including phenoxy) is 3. The lowest BCUT2D eigenvalue weighted by molar-refractivity contribution is 0.324. The van der Waals surface area contributed by atoms with E-state index < -0.39 is 0 Å². The van der Waals surface area contributed by atoms with Crippen LogP contribution in [-0.4, -0.2) is 21.3 Å². The summed E-state index contributed by atoms with van der Waals surface area (Å²) in [5.41, 5.74) is 7.88. The van der Waals surface area contributed by atoms with Crippen LogP contribution in [0.2, 0.25) is 0 Å². The zero-order valence-corrected chi connectivity index (χ0v) is 22.1. The second kappa shape index (κ2) is 13.2. The highest BCUT2D eigenvalue weighted by Crippen LogP contribution is 2.40. The molecule has 0 spiro atoms. The van der Waals surface area contributed by atoms with Gasteiger partial charge in [0.05, 0.1) is 21.3 Å². The predicted molar refractivity (Wildman–Crippen MR) is 150 cm³/mol. The SMILES string of the molecule is C=C(C)c1cccc(C(=C)c2ccccc2)c1.COc1cc(C(C)=CC(C)C)cc(OC)c1OC. The summed E-state index contributed by atoms with van der Waals surface area (Å²) < 4.78 is 16.0. The van der Waals surface area contributed by atoms with Crippen molar-refractivity contribution in [2.45, 2.75) is 27.7 Å². The first-order valence-corrected chi connectivity index (χ1v) is 11.7. The van der Waals surface area contributed by atoms with Crippen molar-refractivity contribution in [2.24, 2.45) is 5.92 Å². The monoisotopic (exact) mass is 470 g/mol. The molecular formula is C32H38O3. The first kappa shape index (κ1) is 27.5. The molecule has 0 bridgehead atoms. The third-order valence-corrected chi connectivity index (χ3v) is 5.53. The van der Waals surface area contributed by atoms with Crippen LogP contribution in [0.3, 0.4) is 0 Å². The van der Waals surface area contributed by atoms with Crippen LogP contribution in [0, 0.1) is 5.92 Å². The Balaban J connectivity index is 0.000000247. The van der Waals surface area contributed by atoms with E-state index in [1.807, 2.05) is 43.3 Å². The Morgan fingerprint density at radius 1 is 0.686 bits per heavy atom. The fraction of sp³-hybridized carbons (Fsp3) is 0.250. The average molecular weight is 471 g/mol. The molecule has 184 valence electrons. The van der Waals surface area contributed by atoms with Crippen LogP contribution in [-0.2, 0) is 0 Å². The number of allylic oxidation sites excluding steroid dienone is 3. The Morgan fingerprint density at radius 3 is 1.71 bits per heavy atom. The van der Waals surface area contributed by atoms with Crippen molar-refractivity contribution in [3.63, 3.8) is 0 Å². The van der Waals surface area contributed by atoms with Crippen molar-refractivity contribution in [3.05, 3.63) is 108 Å². The van der Waals surface area contributed by atoms with E-state index in [1.54, 1.807) is 21.3 Å². The molecule has 0 aliphatic carbocycles. The van der Waals surface area contributed by atoms with Gasteiger partial charge in [0.15, 0.2) is 11.5 Å². The minimum absolute atomic E-state index is 0.504. The number of hydrogen-bond donors (Lipinski definition) is 0. The molecule has 0 aromatic heterocycles. The second-order valence-electron chi connectivity index (χ2n) is 8.71. The lowest BCUT2D eigenvalue weighted by Crippen LogP contribution is -1.96. The van der Waals surface area contributed by atoms with Crippen LogP contribution in [0.4, 0.5) is 0 Å². The summed E-state index contributed by atoms with van der Waals surface area (Å²) in [5, 5.41) is 0. The van der Waals surface area contributed by atoms with Crippen molar-refractivity contribution >= 4 is 16.7 Å². The van der Waals surface area contributed by atoms with Crippen LogP contribution in [0.25, 0.3) is 16.7 Å². The van der Waals surface area contributed by atoms with Crippen LogP contribution in [0.1, 0.15) is 49.9 Å². The molecular weight excluding hydrogens is 432 g/mol. The Hall–Kier alpha value is -3.72. The van der Waals surface area contributed by atoms with Gasteiger partial charge in [0.2, 0.25) is 5.75 Å². The highest BCUT2D eigenvalue weighted by atomic mass is 16.5. The quantitative estimate of drug-likeness (QED) is 0.330. The molecule has 0 saturated heterocycles. The van der Waals surface area contributed by atoms with Gasteiger partial charge in [0.25, 0.3) is 0 Å². The van der Waals surface area contributed by atoms with E-state index >= 15 is 0 Å². The summed E-state index contributed by atoms with van der Waals surface area (Å²) in [6.07, 6.45) is 2.21. The van der Waals surface area contributed by atoms with E-state index in [-0.39, 0.29) is 0 Å². The Labute approximate surface area is 211 Å². The summed E-state index contributed by atoms with van der Waals surface area (Å²) in [6, 6.07) is 22.5. The van der Waals surface area contributed by atoms with Gasteiger partial charge < -0.3 is 14.2 Å². The van der Waals surface area contributed by atoms with Crippen molar-refractivity contribution in [3.8, 4) is 17.2 Å². The van der Waals surface area contributed by atoms with Crippen molar-refractivity contribution < 1.29 is 14.2 Å². The maximum Gasteiger partial charge on any atom is 0.203 e. The number of hydrogen-bond acceptors (Lipinski definition) is 3. The summed E-state index contributed by atoms with van der Waals surface area (Å²) in [4.78, 5) is 0. The van der Waals surface area contributed by atoms with Gasteiger partial charge in [0, 0.05) is 0 Å². The van der Waals surface area contributed by atoms with Gasteiger partial charge in [-0.05, 0) is 71.4 Å². The molecule has 0 saturated carbocycles. The van der Waals surface area contributed by atoms with E-state index in [2.05, 4.69) is 70.3 Å². The zero-order valence-electron chi connectivity index (χ0n) is 22.1. The molecule has 0 aliphatic heterocycles. The summed E-state index contributed by atoms with van der Waals surface area (Å²) in [6.45, 7) is 16.5. The van der Waals surface area contributed by atoms with E-state index in [0.29, 0.717) is 23.2 Å². The van der Waals surface area contributed by atoms with Gasteiger partial charge in [-0.1, -0.05) is 87.2 Å². The number of rotatable bonds is 8. The molecule has 0 N–H and O–H groups in total. The van der Waals surface area contributed by atoms with Gasteiger partial charge in [-0.3, -0.25) is 0 Å². The first-order chi connectivity index (χ1) is 16.7. The molecule has 0 unspecified atom stereocenters. The fourth-order valence-electron chi connectivity index (χ4n) is 3.68. The lowest BCUT2D eigenvalue weighted by atomic mass is 9.96. The molecule has 3 rings (SSSR count). The molecule has 0 fully saturated rings. The van der Waals surface area contributed by atoms with Gasteiger partial charge in [0.1, 0.15) is 0 Å². The van der Waals surface area contributed by atoms with Crippen LogP contribution < -0.4 is 14.2 Å². The maximum atomic E-state index is 5.34. The third-order valence-electron chi connectivity index (χ3n) is 5.53. The number of benzene rings is 3. The molecule has 0 aliphatic rings. The molecule has 35 heavy (non-hydrogen) atoms. The van der Waals surface area contributed by atoms with Crippen molar-refractivity contribution in [2.75, 3.05) is 21.3 Å². The minimum atomic E-state index is 0.504. The molecule has 3 heteroatoms. The standard InChI is InChI=1S/C17H16.C15H22O3/c1-13(2)16-10-7-11-17(12-16)14(3)15-8-5-4-6-9-15;1-10(2)7-11(3)12-8-13(16-4)15(18-6)14(9-12)17-5/h4-12H,1,3H2,2H3;7-10H,1-6H3. The Morgan fingerprint density at radius 2 is 1.23 bits per heavy atom. The molecule has 3 nitrogen and oxygen atoms in total. The van der Waals surface area contributed by atoms with E-state index in [0.717, 1.165) is 27.8 Å². The average Bonchev–Trinajstić information content (AvgIpc) is 2.87. The smallest absolute Gasteiger partial charge is 0.203 e. The molecule has 0 atom stereocenters. The maximum absolute atomic E-state index is 5.34. The molecule has 0 amide bonds. The molecule has 3 aromatic rings. The number of methoxy groups -OCH3 is 3. The fourth-order valence-corrected chi connectivity index (χ4v) is 3.68. The van der Waals surface area contributed by atoms with E-state index in [4.69, 9.17) is 14.2 Å². The normalized spacial score (nSPS) is 10.8. The molecule has 0 radical (unpaired) electrons. The topological polar surface area (TPSA) is 27.7 Å². The molecule has 0 heterocycles. The third kappa shape index (κ3) is 7.65. The van der Waals surface area contributed by atoms with E-state index in [1.165, 1.54) is 11.1 Å². The van der Waals surface area contributed by atoms with Crippen LogP contribution in [0.5, 0.6) is 17.2 Å². The Kier molecular flexibility index (Phi) is 10.4. The Bertz CT molecular complexity index is 1150. The largest absolute Gasteiger partial charge is 0.493 e. The van der Waals surface area contributed by atoms with Crippen molar-refractivity contribution in [1.29, 1.82) is 0 Å². The molecule has 3 aromatic carbocycles. The highest BCUT2D eigenvalue weighted by Gasteiger charge is 2.13. The highest BCUT2D eigenvalue weighted by molar-refractivity contribution is 5.79.